The Hall–Kier alpha value is -1.80. The van der Waals surface area contributed by atoms with Gasteiger partial charge in [-0.1, -0.05) is 17.7 Å². The highest BCUT2D eigenvalue weighted by atomic mass is 35.5. The molecule has 0 atom stereocenters. The molecule has 27 heavy (non-hydrogen) atoms. The van der Waals surface area contributed by atoms with Crippen LogP contribution in [0.3, 0.4) is 0 Å². The fourth-order valence-electron chi connectivity index (χ4n) is 3.15. The van der Waals surface area contributed by atoms with Crippen molar-refractivity contribution in [2.75, 3.05) is 32.1 Å². The maximum absolute atomic E-state index is 12.8. The molecule has 1 N–H and O–H groups in total. The van der Waals surface area contributed by atoms with E-state index < -0.39 is 10.0 Å². The third-order valence-electron chi connectivity index (χ3n) is 4.50. The van der Waals surface area contributed by atoms with E-state index in [1.165, 1.54) is 24.8 Å². The van der Waals surface area contributed by atoms with Crippen LogP contribution in [0.5, 0.6) is 5.75 Å². The fraction of sp³-hybridized carbons (Fsp3) is 0.368. The van der Waals surface area contributed by atoms with E-state index in [0.29, 0.717) is 11.4 Å². The zero-order chi connectivity index (χ0) is 19.4. The van der Waals surface area contributed by atoms with Crippen molar-refractivity contribution in [3.05, 3.63) is 52.5 Å². The fourth-order valence-corrected chi connectivity index (χ4v) is 4.71. The maximum Gasteiger partial charge on any atom is 0.263 e. The number of hydrogen-bond acceptors (Lipinski definition) is 5. The molecule has 0 aliphatic carbocycles. The van der Waals surface area contributed by atoms with Crippen molar-refractivity contribution in [3.63, 3.8) is 0 Å². The Morgan fingerprint density at radius 2 is 1.89 bits per heavy atom. The average Bonchev–Trinajstić information content (AvgIpc) is 3.04. The summed E-state index contributed by atoms with van der Waals surface area (Å²) in [6.45, 7) is 3.35. The molecule has 0 radical (unpaired) electrons. The minimum atomic E-state index is -3.82. The highest BCUT2D eigenvalue weighted by Crippen LogP contribution is 2.30. The van der Waals surface area contributed by atoms with Gasteiger partial charge in [0, 0.05) is 45.1 Å². The molecule has 0 bridgehead atoms. The van der Waals surface area contributed by atoms with Crippen LogP contribution in [0.2, 0.25) is 5.02 Å². The molecule has 0 saturated carbocycles. The molecular weight excluding hydrogens is 388 g/mol. The molecule has 0 unspecified atom stereocenters. The lowest BCUT2D eigenvalue weighted by molar-refractivity contribution is 0.172. The quantitative estimate of drug-likeness (QED) is 0.674. The Morgan fingerprint density at radius 3 is 2.63 bits per heavy atom. The first-order valence-corrected chi connectivity index (χ1v) is 10.5. The SMILES string of the molecule is COCCCN1Cc2ccc(NS(=O)(=O)c3cc(OC)ccc3Cl)cc2C1. The molecule has 0 fully saturated rings. The normalized spacial score (nSPS) is 14.2. The van der Waals surface area contributed by atoms with Gasteiger partial charge in [-0.2, -0.15) is 0 Å². The number of benzene rings is 2. The van der Waals surface area contributed by atoms with Gasteiger partial charge in [0.05, 0.1) is 12.1 Å². The highest BCUT2D eigenvalue weighted by Gasteiger charge is 2.22. The second-order valence-electron chi connectivity index (χ2n) is 6.44. The largest absolute Gasteiger partial charge is 0.497 e. The Kier molecular flexibility index (Phi) is 6.26. The number of halogens is 1. The molecule has 2 aromatic carbocycles. The summed E-state index contributed by atoms with van der Waals surface area (Å²) in [5.74, 6) is 0.431. The van der Waals surface area contributed by atoms with E-state index >= 15 is 0 Å². The lowest BCUT2D eigenvalue weighted by atomic mass is 10.1. The Morgan fingerprint density at radius 1 is 1.11 bits per heavy atom. The standard InChI is InChI=1S/C19H23ClN2O4S/c1-25-9-3-8-22-12-14-4-5-16(10-15(14)13-22)21-27(23,24)19-11-17(26-2)6-7-18(19)20/h4-7,10-11,21H,3,8-9,12-13H2,1-2H3. The van der Waals surface area contributed by atoms with Crippen LogP contribution in [0.4, 0.5) is 5.69 Å². The van der Waals surface area contributed by atoms with E-state index in [1.807, 2.05) is 12.1 Å². The zero-order valence-corrected chi connectivity index (χ0v) is 16.9. The second kappa shape index (κ2) is 8.48. The summed E-state index contributed by atoms with van der Waals surface area (Å²) in [7, 11) is -0.639. The van der Waals surface area contributed by atoms with Gasteiger partial charge in [0.1, 0.15) is 10.6 Å². The molecule has 6 nitrogen and oxygen atoms in total. The predicted molar refractivity (Wildman–Crippen MR) is 106 cm³/mol. The van der Waals surface area contributed by atoms with E-state index in [-0.39, 0.29) is 9.92 Å². The summed E-state index contributed by atoms with van der Waals surface area (Å²) >= 11 is 6.09. The number of hydrogen-bond donors (Lipinski definition) is 1. The molecule has 1 aliphatic heterocycles. The summed E-state index contributed by atoms with van der Waals surface area (Å²) in [6, 6.07) is 10.2. The number of fused-ring (bicyclic) bond motifs is 1. The van der Waals surface area contributed by atoms with Crippen LogP contribution in [0.1, 0.15) is 17.5 Å². The van der Waals surface area contributed by atoms with Gasteiger partial charge in [0.2, 0.25) is 0 Å². The van der Waals surface area contributed by atoms with Crippen LogP contribution >= 0.6 is 11.6 Å². The second-order valence-corrected chi connectivity index (χ2v) is 8.50. The van der Waals surface area contributed by atoms with Gasteiger partial charge in [0.25, 0.3) is 10.0 Å². The molecule has 1 heterocycles. The summed E-state index contributed by atoms with van der Waals surface area (Å²) in [6.07, 6.45) is 0.971. The number of methoxy groups -OCH3 is 2. The number of nitrogens with zero attached hydrogens (tertiary/aromatic N) is 1. The number of anilines is 1. The van der Waals surface area contributed by atoms with Crippen molar-refractivity contribution in [2.24, 2.45) is 0 Å². The number of rotatable bonds is 8. The van der Waals surface area contributed by atoms with Crippen molar-refractivity contribution < 1.29 is 17.9 Å². The Labute approximate surface area is 165 Å². The first-order chi connectivity index (χ1) is 12.9. The van der Waals surface area contributed by atoms with Crippen molar-refractivity contribution in [3.8, 4) is 5.75 Å². The van der Waals surface area contributed by atoms with Crippen molar-refractivity contribution >= 4 is 27.3 Å². The maximum atomic E-state index is 12.8. The van der Waals surface area contributed by atoms with Crippen LogP contribution in [-0.4, -0.2) is 40.7 Å². The first kappa shape index (κ1) is 19.9. The van der Waals surface area contributed by atoms with Gasteiger partial charge in [-0.05, 0) is 41.8 Å². The predicted octanol–water partition coefficient (Wildman–Crippen LogP) is 3.50. The minimum Gasteiger partial charge on any atom is -0.497 e. The molecule has 8 heteroatoms. The number of ether oxygens (including phenoxy) is 2. The smallest absolute Gasteiger partial charge is 0.263 e. The van der Waals surface area contributed by atoms with Gasteiger partial charge in [-0.15, -0.1) is 0 Å². The lowest BCUT2D eigenvalue weighted by Crippen LogP contribution is -2.18. The lowest BCUT2D eigenvalue weighted by Gasteiger charge is -2.13. The average molecular weight is 411 g/mol. The third-order valence-corrected chi connectivity index (χ3v) is 6.36. The number of nitrogens with one attached hydrogen (secondary N) is 1. The van der Waals surface area contributed by atoms with Gasteiger partial charge in [-0.3, -0.25) is 9.62 Å². The van der Waals surface area contributed by atoms with Crippen LogP contribution in [-0.2, 0) is 27.8 Å². The molecule has 146 valence electrons. The van der Waals surface area contributed by atoms with Gasteiger partial charge in [-0.25, -0.2) is 8.42 Å². The molecule has 1 aliphatic rings. The summed E-state index contributed by atoms with van der Waals surface area (Å²) in [4.78, 5) is 2.31. The van der Waals surface area contributed by atoms with E-state index in [0.717, 1.165) is 38.2 Å². The highest BCUT2D eigenvalue weighted by molar-refractivity contribution is 7.92. The van der Waals surface area contributed by atoms with Crippen molar-refractivity contribution in [2.45, 2.75) is 24.4 Å². The minimum absolute atomic E-state index is 0.00907. The van der Waals surface area contributed by atoms with Crippen molar-refractivity contribution in [1.82, 2.24) is 4.90 Å². The topological polar surface area (TPSA) is 67.9 Å². The molecule has 0 saturated heterocycles. The van der Waals surface area contributed by atoms with E-state index in [9.17, 15) is 8.42 Å². The van der Waals surface area contributed by atoms with Gasteiger partial charge >= 0.3 is 0 Å². The van der Waals surface area contributed by atoms with Crippen LogP contribution < -0.4 is 9.46 Å². The molecule has 0 spiro atoms. The first-order valence-electron chi connectivity index (χ1n) is 8.62. The van der Waals surface area contributed by atoms with Crippen LogP contribution in [0.25, 0.3) is 0 Å². The molecule has 0 aromatic heterocycles. The van der Waals surface area contributed by atoms with Crippen molar-refractivity contribution in [1.29, 1.82) is 0 Å². The molecule has 0 amide bonds. The zero-order valence-electron chi connectivity index (χ0n) is 15.4. The van der Waals surface area contributed by atoms with E-state index in [1.54, 1.807) is 19.2 Å². The Balaban J connectivity index is 1.75. The molecular formula is C19H23ClN2O4S. The molecule has 3 rings (SSSR count). The summed E-state index contributed by atoms with van der Waals surface area (Å²) in [5.41, 5.74) is 2.87. The summed E-state index contributed by atoms with van der Waals surface area (Å²) in [5, 5.41) is 0.147. The van der Waals surface area contributed by atoms with E-state index in [2.05, 4.69) is 9.62 Å². The van der Waals surface area contributed by atoms with E-state index in [4.69, 9.17) is 21.1 Å². The Bertz CT molecular complexity index is 918. The van der Waals surface area contributed by atoms with Crippen LogP contribution in [0.15, 0.2) is 41.3 Å². The van der Waals surface area contributed by atoms with Gasteiger partial charge < -0.3 is 9.47 Å². The molecule has 2 aromatic rings. The van der Waals surface area contributed by atoms with Gasteiger partial charge in [0.15, 0.2) is 0 Å². The monoisotopic (exact) mass is 410 g/mol. The number of sulfonamides is 1. The summed E-state index contributed by atoms with van der Waals surface area (Å²) < 4.78 is 38.3. The third kappa shape index (κ3) is 4.73. The van der Waals surface area contributed by atoms with Crippen LogP contribution in [0, 0.1) is 0 Å².